The number of carbonyl (C=O) groups is 1. The van der Waals surface area contributed by atoms with Crippen molar-refractivity contribution in [3.8, 4) is 0 Å². The number of sulfonamides is 1. The van der Waals surface area contributed by atoms with Crippen molar-refractivity contribution < 1.29 is 18.0 Å². The Labute approximate surface area is 157 Å². The van der Waals surface area contributed by atoms with Crippen molar-refractivity contribution in [2.24, 2.45) is 0 Å². The molecule has 0 aliphatic carbocycles. The molecule has 1 N–H and O–H groups in total. The molecule has 0 saturated heterocycles. The first-order chi connectivity index (χ1) is 12.4. The molecule has 0 aromatic heterocycles. The van der Waals surface area contributed by atoms with Gasteiger partial charge in [-0.2, -0.15) is 0 Å². The number of fused-ring (bicyclic) bond motifs is 1. The molecule has 0 spiro atoms. The van der Waals surface area contributed by atoms with Crippen LogP contribution < -0.4 is 5.32 Å². The number of nitrogens with zero attached hydrogens (tertiary/aromatic N) is 1. The Morgan fingerprint density at radius 1 is 1.23 bits per heavy atom. The van der Waals surface area contributed by atoms with E-state index in [1.165, 1.54) is 31.2 Å². The lowest BCUT2D eigenvalue weighted by atomic mass is 10.0. The van der Waals surface area contributed by atoms with Gasteiger partial charge in [0, 0.05) is 23.3 Å². The van der Waals surface area contributed by atoms with Gasteiger partial charge in [-0.15, -0.1) is 11.8 Å². The van der Waals surface area contributed by atoms with Crippen LogP contribution in [0.2, 0.25) is 0 Å². The molecule has 6 nitrogen and oxygen atoms in total. The van der Waals surface area contributed by atoms with Gasteiger partial charge >= 0.3 is 0 Å². The summed E-state index contributed by atoms with van der Waals surface area (Å²) in [4.78, 5) is 18.6. The number of benzene rings is 2. The summed E-state index contributed by atoms with van der Waals surface area (Å²) < 4.78 is 25.5. The van der Waals surface area contributed by atoms with Crippen LogP contribution in [-0.4, -0.2) is 38.7 Å². The number of nitrogens with one attached hydrogen (secondary N) is 1. The zero-order valence-electron chi connectivity index (χ0n) is 14.5. The molecule has 1 heterocycles. The van der Waals surface area contributed by atoms with Crippen LogP contribution in [0.1, 0.15) is 28.4 Å². The maximum Gasteiger partial charge on any atom is 0.264 e. The topological polar surface area (TPSA) is 75.7 Å². The molecule has 138 valence electrons. The molecule has 0 unspecified atom stereocenters. The maximum absolute atomic E-state index is 12.7. The minimum atomic E-state index is -3.80. The average molecular weight is 393 g/mol. The van der Waals surface area contributed by atoms with Crippen molar-refractivity contribution in [2.75, 3.05) is 19.9 Å². The Balaban J connectivity index is 1.83. The number of hydrogen-bond donors (Lipinski definition) is 1. The number of hydrogen-bond acceptors (Lipinski definition) is 5. The van der Waals surface area contributed by atoms with Crippen molar-refractivity contribution in [2.45, 2.75) is 22.3 Å². The zero-order chi connectivity index (χ0) is 18.7. The summed E-state index contributed by atoms with van der Waals surface area (Å²) in [5.41, 5.74) is 1.39. The third kappa shape index (κ3) is 3.78. The molecule has 1 aliphatic heterocycles. The predicted molar refractivity (Wildman–Crippen MR) is 100 cm³/mol. The molecular weight excluding hydrogens is 372 g/mol. The number of amides is 1. The minimum absolute atomic E-state index is 0.00843. The molecule has 26 heavy (non-hydrogen) atoms. The van der Waals surface area contributed by atoms with Gasteiger partial charge in [0.15, 0.2) is 0 Å². The Morgan fingerprint density at radius 3 is 2.77 bits per heavy atom. The smallest absolute Gasteiger partial charge is 0.264 e. The van der Waals surface area contributed by atoms with Gasteiger partial charge in [-0.1, -0.05) is 28.7 Å². The van der Waals surface area contributed by atoms with Crippen molar-refractivity contribution in [3.05, 3.63) is 59.7 Å². The van der Waals surface area contributed by atoms with Crippen LogP contribution in [0, 0.1) is 0 Å². The van der Waals surface area contributed by atoms with Crippen LogP contribution in [0.3, 0.4) is 0 Å². The van der Waals surface area contributed by atoms with Crippen LogP contribution in [-0.2, 0) is 14.9 Å². The van der Waals surface area contributed by atoms with Crippen molar-refractivity contribution in [3.63, 3.8) is 0 Å². The van der Waals surface area contributed by atoms with Gasteiger partial charge in [0.25, 0.3) is 15.9 Å². The third-order valence-corrected chi connectivity index (χ3v) is 7.05. The van der Waals surface area contributed by atoms with Crippen LogP contribution in [0.5, 0.6) is 0 Å². The lowest BCUT2D eigenvalue weighted by Crippen LogP contribution is -2.31. The molecule has 8 heteroatoms. The fourth-order valence-corrected chi connectivity index (χ4v) is 4.92. The Kier molecular flexibility index (Phi) is 5.67. The number of carbonyl (C=O) groups excluding carboxylic acids is 1. The summed E-state index contributed by atoms with van der Waals surface area (Å²) in [7, 11) is -1.22. The van der Waals surface area contributed by atoms with Crippen LogP contribution in [0.4, 0.5) is 0 Å². The second kappa shape index (κ2) is 7.79. The van der Waals surface area contributed by atoms with E-state index >= 15 is 0 Å². The fraction of sp³-hybridized carbons (Fsp3) is 0.278. The van der Waals surface area contributed by atoms with Crippen molar-refractivity contribution in [1.29, 1.82) is 0 Å². The van der Waals surface area contributed by atoms with E-state index in [1.807, 2.05) is 24.3 Å². The first-order valence-corrected chi connectivity index (χ1v) is 10.5. The summed E-state index contributed by atoms with van der Waals surface area (Å²) in [5.74, 6) is 0.628. The molecule has 1 amide bonds. The number of hydroxylamine groups is 1. The normalized spacial score (nSPS) is 17.0. The Morgan fingerprint density at radius 2 is 2.00 bits per heavy atom. The molecule has 0 bridgehead atoms. The summed E-state index contributed by atoms with van der Waals surface area (Å²) in [6.45, 7) is 0. The SMILES string of the molecule is CON(C)S(=O)(=O)c1cccc(C(=O)N[C@@H]2CCSc3ccccc32)c1. The van der Waals surface area contributed by atoms with E-state index in [0.29, 0.717) is 5.56 Å². The second-order valence-corrected chi connectivity index (χ2v) is 8.90. The van der Waals surface area contributed by atoms with Crippen LogP contribution in [0.15, 0.2) is 58.3 Å². The summed E-state index contributed by atoms with van der Waals surface area (Å²) >= 11 is 1.78. The lowest BCUT2D eigenvalue weighted by molar-refractivity contribution is -0.0258. The number of rotatable bonds is 5. The van der Waals surface area contributed by atoms with Crippen molar-refractivity contribution >= 4 is 27.7 Å². The molecule has 0 fully saturated rings. The van der Waals surface area contributed by atoms with Crippen LogP contribution in [0.25, 0.3) is 0 Å². The number of thioether (sulfide) groups is 1. The molecule has 1 aliphatic rings. The van der Waals surface area contributed by atoms with E-state index in [1.54, 1.807) is 23.9 Å². The molecule has 0 radical (unpaired) electrons. The quantitative estimate of drug-likeness (QED) is 0.792. The third-order valence-electron chi connectivity index (χ3n) is 4.25. The van der Waals surface area contributed by atoms with Gasteiger partial charge in [-0.3, -0.25) is 9.63 Å². The van der Waals surface area contributed by atoms with Crippen LogP contribution >= 0.6 is 11.8 Å². The standard InChI is InChI=1S/C18H20N2O4S2/c1-20(24-2)26(22,23)14-7-5-6-13(12-14)18(21)19-16-10-11-25-17-9-4-3-8-15(16)17/h3-9,12,16H,10-11H2,1-2H3,(H,19,21)/t16-/m1/s1. The first-order valence-electron chi connectivity index (χ1n) is 8.09. The Hall–Kier alpha value is -1.87. The summed E-state index contributed by atoms with van der Waals surface area (Å²) in [6.07, 6.45) is 0.831. The zero-order valence-corrected chi connectivity index (χ0v) is 16.1. The molecule has 2 aromatic rings. The minimum Gasteiger partial charge on any atom is -0.345 e. The molecule has 0 saturated carbocycles. The maximum atomic E-state index is 12.7. The molecule has 2 aromatic carbocycles. The van der Waals surface area contributed by atoms with E-state index < -0.39 is 10.0 Å². The van der Waals surface area contributed by atoms with Gasteiger partial charge in [0.05, 0.1) is 18.0 Å². The van der Waals surface area contributed by atoms with E-state index in [9.17, 15) is 13.2 Å². The van der Waals surface area contributed by atoms with E-state index in [2.05, 4.69) is 5.32 Å². The first kappa shape index (κ1) is 18.9. The highest BCUT2D eigenvalue weighted by atomic mass is 32.2. The molecule has 3 rings (SSSR count). The monoisotopic (exact) mass is 392 g/mol. The molecular formula is C18H20N2O4S2. The van der Waals surface area contributed by atoms with Crippen molar-refractivity contribution in [1.82, 2.24) is 9.79 Å². The van der Waals surface area contributed by atoms with Gasteiger partial charge in [0.1, 0.15) is 0 Å². The highest BCUT2D eigenvalue weighted by Crippen LogP contribution is 2.35. The Bertz CT molecular complexity index is 915. The lowest BCUT2D eigenvalue weighted by Gasteiger charge is -2.26. The fourth-order valence-electron chi connectivity index (χ4n) is 2.78. The average Bonchev–Trinajstić information content (AvgIpc) is 2.67. The highest BCUT2D eigenvalue weighted by Gasteiger charge is 2.24. The van der Waals surface area contributed by atoms with Gasteiger partial charge < -0.3 is 5.32 Å². The summed E-state index contributed by atoms with van der Waals surface area (Å²) in [6, 6.07) is 13.9. The largest absolute Gasteiger partial charge is 0.345 e. The summed E-state index contributed by atoms with van der Waals surface area (Å²) in [5, 5.41) is 3.02. The van der Waals surface area contributed by atoms with Gasteiger partial charge in [-0.05, 0) is 36.2 Å². The highest BCUT2D eigenvalue weighted by molar-refractivity contribution is 7.99. The second-order valence-electron chi connectivity index (χ2n) is 5.83. The molecule has 1 atom stereocenters. The van der Waals surface area contributed by atoms with E-state index in [0.717, 1.165) is 22.2 Å². The van der Waals surface area contributed by atoms with E-state index in [4.69, 9.17) is 4.84 Å². The van der Waals surface area contributed by atoms with Gasteiger partial charge in [-0.25, -0.2) is 8.42 Å². The van der Waals surface area contributed by atoms with Gasteiger partial charge in [0.2, 0.25) is 0 Å². The van der Waals surface area contributed by atoms with E-state index in [-0.39, 0.29) is 16.8 Å². The predicted octanol–water partition coefficient (Wildman–Crippen LogP) is 2.84.